The molecule has 0 amide bonds. The molecule has 0 aliphatic heterocycles. The second kappa shape index (κ2) is 6.75. The number of halogens is 2. The zero-order chi connectivity index (χ0) is 15.4. The van der Waals surface area contributed by atoms with Crippen molar-refractivity contribution in [2.45, 2.75) is 13.8 Å². The van der Waals surface area contributed by atoms with Gasteiger partial charge in [-0.1, -0.05) is 41.1 Å². The summed E-state index contributed by atoms with van der Waals surface area (Å²) in [7, 11) is 0. The molecule has 3 nitrogen and oxygen atoms in total. The average molecular weight is 365 g/mol. The van der Waals surface area contributed by atoms with Crippen LogP contribution >= 0.6 is 27.5 Å². The number of benzene rings is 1. The molecule has 2 rings (SSSR count). The van der Waals surface area contributed by atoms with Crippen molar-refractivity contribution < 1.29 is 9.53 Å². The molecule has 5 heteroatoms. The Bertz CT molecular complexity index is 745. The smallest absolute Gasteiger partial charge is 0.309 e. The van der Waals surface area contributed by atoms with Crippen LogP contribution in [0.15, 0.2) is 34.8 Å². The van der Waals surface area contributed by atoms with Crippen LogP contribution in [0.4, 0.5) is 0 Å². The SMILES string of the molecule is CC(=O)Oc1nc(Cl)c(Br)cc1C#Cc1ccc(C)cc1. The lowest BCUT2D eigenvalue weighted by atomic mass is 10.1. The van der Waals surface area contributed by atoms with Crippen LogP contribution in [0, 0.1) is 18.8 Å². The molecule has 0 unspecified atom stereocenters. The Hall–Kier alpha value is -1.83. The quantitative estimate of drug-likeness (QED) is 0.434. The zero-order valence-electron chi connectivity index (χ0n) is 11.4. The first-order valence-electron chi connectivity index (χ1n) is 6.09. The van der Waals surface area contributed by atoms with E-state index in [0.29, 0.717) is 10.0 Å². The number of hydrogen-bond donors (Lipinski definition) is 0. The largest absolute Gasteiger partial charge is 0.406 e. The van der Waals surface area contributed by atoms with E-state index in [9.17, 15) is 4.79 Å². The van der Waals surface area contributed by atoms with Gasteiger partial charge in [-0.15, -0.1) is 0 Å². The summed E-state index contributed by atoms with van der Waals surface area (Å²) in [6.07, 6.45) is 0. The summed E-state index contributed by atoms with van der Waals surface area (Å²) in [6, 6.07) is 9.48. The predicted molar refractivity (Wildman–Crippen MR) is 85.4 cm³/mol. The maximum Gasteiger partial charge on any atom is 0.309 e. The van der Waals surface area contributed by atoms with Gasteiger partial charge in [0, 0.05) is 12.5 Å². The molecule has 0 fully saturated rings. The van der Waals surface area contributed by atoms with Crippen LogP contribution in [0.5, 0.6) is 5.88 Å². The van der Waals surface area contributed by atoms with Crippen LogP contribution in [0.25, 0.3) is 0 Å². The van der Waals surface area contributed by atoms with E-state index in [2.05, 4.69) is 32.8 Å². The van der Waals surface area contributed by atoms with Gasteiger partial charge in [0.15, 0.2) is 0 Å². The van der Waals surface area contributed by atoms with Crippen molar-refractivity contribution >= 4 is 33.5 Å². The third-order valence-corrected chi connectivity index (χ3v) is 3.65. The molecule has 1 aromatic heterocycles. The van der Waals surface area contributed by atoms with Gasteiger partial charge in [-0.05, 0) is 41.1 Å². The number of hydrogen-bond acceptors (Lipinski definition) is 3. The second-order valence-corrected chi connectivity index (χ2v) is 5.54. The lowest BCUT2D eigenvalue weighted by molar-refractivity contribution is -0.132. The Kier molecular flexibility index (Phi) is 5.00. The van der Waals surface area contributed by atoms with Gasteiger partial charge in [0.1, 0.15) is 5.15 Å². The van der Waals surface area contributed by atoms with Gasteiger partial charge in [-0.25, -0.2) is 0 Å². The minimum Gasteiger partial charge on any atom is -0.406 e. The number of pyridine rings is 1. The number of carbonyl (C=O) groups is 1. The van der Waals surface area contributed by atoms with Gasteiger partial charge in [-0.2, -0.15) is 4.98 Å². The number of esters is 1. The third kappa shape index (κ3) is 4.32. The molecule has 0 saturated heterocycles. The molecule has 1 aromatic carbocycles. The average Bonchev–Trinajstić information content (AvgIpc) is 2.42. The molecule has 106 valence electrons. The van der Waals surface area contributed by atoms with E-state index in [-0.39, 0.29) is 11.0 Å². The molecule has 0 atom stereocenters. The predicted octanol–water partition coefficient (Wildman–Crippen LogP) is 4.13. The van der Waals surface area contributed by atoms with Crippen molar-refractivity contribution in [1.82, 2.24) is 4.98 Å². The van der Waals surface area contributed by atoms with Crippen molar-refractivity contribution in [2.75, 3.05) is 0 Å². The summed E-state index contributed by atoms with van der Waals surface area (Å²) in [4.78, 5) is 15.1. The summed E-state index contributed by atoms with van der Waals surface area (Å²) >= 11 is 9.19. The molecule has 0 bridgehead atoms. The number of aryl methyl sites for hydroxylation is 1. The number of rotatable bonds is 1. The number of carbonyl (C=O) groups excluding carboxylic acids is 1. The fraction of sp³-hybridized carbons (Fsp3) is 0.125. The first kappa shape index (κ1) is 15.6. The van der Waals surface area contributed by atoms with Crippen LogP contribution in [0.1, 0.15) is 23.6 Å². The Morgan fingerprint density at radius 2 is 1.95 bits per heavy atom. The molecular formula is C16H11BrClNO2. The Balaban J connectivity index is 2.41. The minimum absolute atomic E-state index is 0.107. The summed E-state index contributed by atoms with van der Waals surface area (Å²) in [5.41, 5.74) is 2.51. The molecule has 2 aromatic rings. The van der Waals surface area contributed by atoms with E-state index < -0.39 is 5.97 Å². The van der Waals surface area contributed by atoms with Crippen LogP contribution in [0.3, 0.4) is 0 Å². The van der Waals surface area contributed by atoms with Crippen molar-refractivity contribution in [3.05, 3.63) is 56.6 Å². The van der Waals surface area contributed by atoms with Gasteiger partial charge in [0.25, 0.3) is 0 Å². The monoisotopic (exact) mass is 363 g/mol. The highest BCUT2D eigenvalue weighted by molar-refractivity contribution is 9.10. The van der Waals surface area contributed by atoms with Crippen molar-refractivity contribution in [3.63, 3.8) is 0 Å². The number of nitrogens with zero attached hydrogens (tertiary/aromatic N) is 1. The van der Waals surface area contributed by atoms with E-state index >= 15 is 0 Å². The molecule has 1 heterocycles. The lowest BCUT2D eigenvalue weighted by Crippen LogP contribution is -2.05. The van der Waals surface area contributed by atoms with Crippen molar-refractivity contribution in [1.29, 1.82) is 0 Å². The Morgan fingerprint density at radius 1 is 1.29 bits per heavy atom. The van der Waals surface area contributed by atoms with Gasteiger partial charge in [-0.3, -0.25) is 4.79 Å². The van der Waals surface area contributed by atoms with E-state index in [1.54, 1.807) is 6.07 Å². The molecule has 0 aliphatic rings. The van der Waals surface area contributed by atoms with Crippen molar-refractivity contribution in [3.8, 4) is 17.7 Å². The van der Waals surface area contributed by atoms with E-state index in [4.69, 9.17) is 16.3 Å². The normalized spacial score (nSPS) is 9.71. The molecule has 21 heavy (non-hydrogen) atoms. The Morgan fingerprint density at radius 3 is 2.57 bits per heavy atom. The van der Waals surface area contributed by atoms with Crippen LogP contribution < -0.4 is 4.74 Å². The van der Waals surface area contributed by atoms with Gasteiger partial charge in [0.05, 0.1) is 10.0 Å². The van der Waals surface area contributed by atoms with E-state index in [1.165, 1.54) is 6.92 Å². The fourth-order valence-corrected chi connectivity index (χ4v) is 1.98. The van der Waals surface area contributed by atoms with Gasteiger partial charge in [0.2, 0.25) is 5.88 Å². The number of aromatic nitrogens is 1. The highest BCUT2D eigenvalue weighted by Gasteiger charge is 2.10. The number of ether oxygens (including phenoxy) is 1. The summed E-state index contributed by atoms with van der Waals surface area (Å²) < 4.78 is 5.62. The topological polar surface area (TPSA) is 39.2 Å². The summed E-state index contributed by atoms with van der Waals surface area (Å²) in [6.45, 7) is 3.31. The minimum atomic E-state index is -0.473. The highest BCUT2D eigenvalue weighted by Crippen LogP contribution is 2.27. The third-order valence-electron chi connectivity index (χ3n) is 2.53. The molecule has 0 N–H and O–H groups in total. The lowest BCUT2D eigenvalue weighted by Gasteiger charge is -2.04. The van der Waals surface area contributed by atoms with Gasteiger partial charge < -0.3 is 4.74 Å². The maximum absolute atomic E-state index is 11.1. The second-order valence-electron chi connectivity index (χ2n) is 4.32. The standard InChI is InChI=1S/C16H11BrClNO2/c1-10-3-5-12(6-4-10)7-8-13-9-14(17)15(18)19-16(13)21-11(2)20/h3-6,9H,1-2H3. The fourth-order valence-electron chi connectivity index (χ4n) is 1.53. The molecule has 0 radical (unpaired) electrons. The first-order valence-corrected chi connectivity index (χ1v) is 7.26. The molecular weight excluding hydrogens is 354 g/mol. The molecule has 0 spiro atoms. The van der Waals surface area contributed by atoms with E-state index in [1.807, 2.05) is 31.2 Å². The Labute approximate surface area is 136 Å². The zero-order valence-corrected chi connectivity index (χ0v) is 13.7. The van der Waals surface area contributed by atoms with Crippen LogP contribution in [-0.4, -0.2) is 11.0 Å². The van der Waals surface area contributed by atoms with Crippen LogP contribution in [0.2, 0.25) is 5.15 Å². The molecule has 0 aliphatic carbocycles. The first-order chi connectivity index (χ1) is 9.95. The van der Waals surface area contributed by atoms with Gasteiger partial charge >= 0.3 is 5.97 Å². The summed E-state index contributed by atoms with van der Waals surface area (Å²) in [5, 5.41) is 0.215. The summed E-state index contributed by atoms with van der Waals surface area (Å²) in [5.74, 6) is 5.58. The van der Waals surface area contributed by atoms with E-state index in [0.717, 1.165) is 11.1 Å². The van der Waals surface area contributed by atoms with Crippen molar-refractivity contribution in [2.24, 2.45) is 0 Å². The highest BCUT2D eigenvalue weighted by atomic mass is 79.9. The molecule has 0 saturated carbocycles. The van der Waals surface area contributed by atoms with Crippen LogP contribution in [-0.2, 0) is 4.79 Å². The maximum atomic E-state index is 11.1.